The number of benzene rings is 2. The highest BCUT2D eigenvalue weighted by Gasteiger charge is 2.13. The number of nitrogens with two attached hydrogens (primary N) is 1. The number of hydrogen-bond acceptors (Lipinski definition) is 4. The number of sulfone groups is 1. The van der Waals surface area contributed by atoms with Gasteiger partial charge >= 0.3 is 0 Å². The van der Waals surface area contributed by atoms with Gasteiger partial charge in [-0.3, -0.25) is 4.79 Å². The standard InChI is InChI=1S/C15H16N2O3S/c1-10-4-3-5-13(6-10)17-15(18)11-7-12(16)9-14(8-11)21(2,19)20/h3-9H,16H2,1-2H3,(H,17,18). The van der Waals surface area contributed by atoms with Crippen LogP contribution in [0.15, 0.2) is 47.4 Å². The summed E-state index contributed by atoms with van der Waals surface area (Å²) < 4.78 is 23.2. The van der Waals surface area contributed by atoms with Crippen molar-refractivity contribution in [3.05, 3.63) is 53.6 Å². The molecule has 0 heterocycles. The average molecular weight is 304 g/mol. The van der Waals surface area contributed by atoms with Gasteiger partial charge in [-0.1, -0.05) is 12.1 Å². The van der Waals surface area contributed by atoms with Crippen molar-refractivity contribution in [1.82, 2.24) is 0 Å². The Kier molecular flexibility index (Phi) is 3.99. The zero-order valence-electron chi connectivity index (χ0n) is 11.8. The number of hydrogen-bond donors (Lipinski definition) is 2. The molecule has 0 fully saturated rings. The van der Waals surface area contributed by atoms with Crippen LogP contribution in [0.2, 0.25) is 0 Å². The van der Waals surface area contributed by atoms with Crippen LogP contribution in [0.25, 0.3) is 0 Å². The van der Waals surface area contributed by atoms with E-state index in [0.717, 1.165) is 11.8 Å². The summed E-state index contributed by atoms with van der Waals surface area (Å²) in [6, 6.07) is 11.4. The Hall–Kier alpha value is -2.34. The zero-order valence-corrected chi connectivity index (χ0v) is 12.6. The molecule has 0 saturated carbocycles. The maximum atomic E-state index is 12.2. The highest BCUT2D eigenvalue weighted by Crippen LogP contribution is 2.18. The molecule has 21 heavy (non-hydrogen) atoms. The molecule has 0 aliphatic carbocycles. The van der Waals surface area contributed by atoms with Crippen molar-refractivity contribution in [1.29, 1.82) is 0 Å². The lowest BCUT2D eigenvalue weighted by atomic mass is 10.1. The summed E-state index contributed by atoms with van der Waals surface area (Å²) in [7, 11) is -3.42. The lowest BCUT2D eigenvalue weighted by Crippen LogP contribution is -2.13. The normalized spacial score (nSPS) is 11.1. The fourth-order valence-corrected chi connectivity index (χ4v) is 2.58. The molecule has 0 atom stereocenters. The third-order valence-corrected chi connectivity index (χ3v) is 3.99. The molecular formula is C15H16N2O3S. The topological polar surface area (TPSA) is 89.3 Å². The van der Waals surface area contributed by atoms with Gasteiger partial charge in [0.2, 0.25) is 0 Å². The van der Waals surface area contributed by atoms with E-state index in [1.165, 1.54) is 18.2 Å². The van der Waals surface area contributed by atoms with Crippen LogP contribution < -0.4 is 11.1 Å². The molecule has 0 unspecified atom stereocenters. The minimum atomic E-state index is -3.42. The molecule has 6 heteroatoms. The van der Waals surface area contributed by atoms with Gasteiger partial charge in [0.25, 0.3) is 5.91 Å². The van der Waals surface area contributed by atoms with Crippen LogP contribution in [0.4, 0.5) is 11.4 Å². The van der Waals surface area contributed by atoms with Crippen molar-refractivity contribution >= 4 is 27.1 Å². The molecule has 0 aliphatic rings. The van der Waals surface area contributed by atoms with E-state index in [4.69, 9.17) is 5.73 Å². The molecule has 1 amide bonds. The SMILES string of the molecule is Cc1cccc(NC(=O)c2cc(N)cc(S(C)(=O)=O)c2)c1. The maximum absolute atomic E-state index is 12.2. The van der Waals surface area contributed by atoms with E-state index in [1.54, 1.807) is 6.07 Å². The van der Waals surface area contributed by atoms with E-state index in [2.05, 4.69) is 5.32 Å². The molecule has 2 aromatic rings. The average Bonchev–Trinajstić information content (AvgIpc) is 2.37. The second-order valence-electron chi connectivity index (χ2n) is 4.89. The van der Waals surface area contributed by atoms with Crippen LogP contribution in [0, 0.1) is 6.92 Å². The van der Waals surface area contributed by atoms with Gasteiger partial charge in [0.1, 0.15) is 0 Å². The fourth-order valence-electron chi connectivity index (χ4n) is 1.89. The number of aryl methyl sites for hydroxylation is 1. The molecule has 2 aromatic carbocycles. The predicted molar refractivity (Wildman–Crippen MR) is 83.1 cm³/mol. The minimum Gasteiger partial charge on any atom is -0.399 e. The van der Waals surface area contributed by atoms with Crippen molar-refractivity contribution < 1.29 is 13.2 Å². The molecule has 110 valence electrons. The first kappa shape index (κ1) is 15.1. The number of nitrogen functional groups attached to an aromatic ring is 1. The van der Waals surface area contributed by atoms with Crippen molar-refractivity contribution in [3.63, 3.8) is 0 Å². The lowest BCUT2D eigenvalue weighted by molar-refractivity contribution is 0.102. The van der Waals surface area contributed by atoms with Gasteiger partial charge in [-0.15, -0.1) is 0 Å². The molecule has 0 aliphatic heterocycles. The maximum Gasteiger partial charge on any atom is 0.255 e. The number of amides is 1. The summed E-state index contributed by atoms with van der Waals surface area (Å²) in [5.74, 6) is -0.405. The Morgan fingerprint density at radius 3 is 2.48 bits per heavy atom. The first-order chi connectivity index (χ1) is 9.75. The van der Waals surface area contributed by atoms with Gasteiger partial charge in [0.15, 0.2) is 9.84 Å². The molecule has 5 nitrogen and oxygen atoms in total. The van der Waals surface area contributed by atoms with Crippen molar-refractivity contribution in [2.45, 2.75) is 11.8 Å². The predicted octanol–water partition coefficient (Wildman–Crippen LogP) is 2.23. The summed E-state index contributed by atoms with van der Waals surface area (Å²) in [5.41, 5.74) is 7.75. The van der Waals surface area contributed by atoms with Crippen LogP contribution in [0.5, 0.6) is 0 Å². The van der Waals surface area contributed by atoms with E-state index >= 15 is 0 Å². The van der Waals surface area contributed by atoms with Gasteiger partial charge < -0.3 is 11.1 Å². The summed E-state index contributed by atoms with van der Waals surface area (Å²) >= 11 is 0. The Morgan fingerprint density at radius 1 is 1.14 bits per heavy atom. The lowest BCUT2D eigenvalue weighted by Gasteiger charge is -2.08. The summed E-state index contributed by atoms with van der Waals surface area (Å²) in [5, 5.41) is 2.72. The van der Waals surface area contributed by atoms with Crippen LogP contribution in [0.1, 0.15) is 15.9 Å². The van der Waals surface area contributed by atoms with Gasteiger partial charge in [-0.05, 0) is 42.8 Å². The fraction of sp³-hybridized carbons (Fsp3) is 0.133. The Morgan fingerprint density at radius 2 is 1.86 bits per heavy atom. The smallest absolute Gasteiger partial charge is 0.255 e. The monoisotopic (exact) mass is 304 g/mol. The molecule has 0 spiro atoms. The van der Waals surface area contributed by atoms with E-state index in [9.17, 15) is 13.2 Å². The molecule has 0 radical (unpaired) electrons. The first-order valence-electron chi connectivity index (χ1n) is 6.24. The Balaban J connectivity index is 2.33. The largest absolute Gasteiger partial charge is 0.399 e. The van der Waals surface area contributed by atoms with E-state index in [0.29, 0.717) is 5.69 Å². The van der Waals surface area contributed by atoms with Gasteiger partial charge in [0, 0.05) is 23.2 Å². The van der Waals surface area contributed by atoms with Crippen molar-refractivity contribution in [3.8, 4) is 0 Å². The number of carbonyl (C=O) groups is 1. The third-order valence-electron chi connectivity index (χ3n) is 2.90. The summed E-state index contributed by atoms with van der Waals surface area (Å²) in [6.45, 7) is 1.91. The van der Waals surface area contributed by atoms with Crippen LogP contribution >= 0.6 is 0 Å². The second kappa shape index (κ2) is 5.57. The zero-order chi connectivity index (χ0) is 15.6. The minimum absolute atomic E-state index is 0.0249. The number of carbonyl (C=O) groups excluding carboxylic acids is 1. The molecule has 0 saturated heterocycles. The molecular weight excluding hydrogens is 288 g/mol. The summed E-state index contributed by atoms with van der Waals surface area (Å²) in [4.78, 5) is 12.2. The first-order valence-corrected chi connectivity index (χ1v) is 8.13. The molecule has 0 aromatic heterocycles. The highest BCUT2D eigenvalue weighted by atomic mass is 32.2. The van der Waals surface area contributed by atoms with E-state index in [1.807, 2.05) is 25.1 Å². The van der Waals surface area contributed by atoms with Crippen LogP contribution in [-0.2, 0) is 9.84 Å². The third kappa shape index (κ3) is 3.82. The number of nitrogens with one attached hydrogen (secondary N) is 1. The Bertz CT molecular complexity index is 798. The quantitative estimate of drug-likeness (QED) is 0.851. The number of anilines is 2. The van der Waals surface area contributed by atoms with Crippen LogP contribution in [-0.4, -0.2) is 20.6 Å². The Labute approximate surface area is 123 Å². The second-order valence-corrected chi connectivity index (χ2v) is 6.90. The van der Waals surface area contributed by atoms with Gasteiger partial charge in [0.05, 0.1) is 4.90 Å². The van der Waals surface area contributed by atoms with E-state index in [-0.39, 0.29) is 16.1 Å². The number of rotatable bonds is 3. The molecule has 3 N–H and O–H groups in total. The highest BCUT2D eigenvalue weighted by molar-refractivity contribution is 7.90. The molecule has 2 rings (SSSR count). The van der Waals surface area contributed by atoms with Crippen molar-refractivity contribution in [2.75, 3.05) is 17.3 Å². The summed E-state index contributed by atoms with van der Waals surface area (Å²) in [6.07, 6.45) is 1.07. The van der Waals surface area contributed by atoms with E-state index < -0.39 is 15.7 Å². The van der Waals surface area contributed by atoms with Crippen LogP contribution in [0.3, 0.4) is 0 Å². The van der Waals surface area contributed by atoms with Gasteiger partial charge in [-0.25, -0.2) is 8.42 Å². The molecule has 0 bridgehead atoms. The van der Waals surface area contributed by atoms with Gasteiger partial charge in [-0.2, -0.15) is 0 Å². The van der Waals surface area contributed by atoms with Crippen molar-refractivity contribution in [2.24, 2.45) is 0 Å².